The van der Waals surface area contributed by atoms with Crippen molar-refractivity contribution >= 4 is 11.6 Å². The molecule has 0 atom stereocenters. The maximum Gasteiger partial charge on any atom is 0.226 e. The minimum absolute atomic E-state index is 0.0451. The van der Waals surface area contributed by atoms with Gasteiger partial charge in [-0.3, -0.25) is 9.78 Å². The summed E-state index contributed by atoms with van der Waals surface area (Å²) in [5.74, 6) is 0.944. The molecule has 3 N–H and O–H groups in total. The first kappa shape index (κ1) is 13.8. The van der Waals surface area contributed by atoms with Gasteiger partial charge in [-0.2, -0.15) is 0 Å². The number of rotatable bonds is 6. The number of hydrogen-bond donors (Lipinski definition) is 2. The first-order chi connectivity index (χ1) is 9.24. The van der Waals surface area contributed by atoms with Crippen LogP contribution in [0.4, 0.5) is 5.69 Å². The predicted molar refractivity (Wildman–Crippen MR) is 76.6 cm³/mol. The zero-order valence-electron chi connectivity index (χ0n) is 11.4. The monoisotopic (exact) mass is 261 g/mol. The number of nitrogen functional groups attached to an aromatic ring is 1. The van der Waals surface area contributed by atoms with Crippen molar-refractivity contribution in [2.24, 2.45) is 5.92 Å². The normalized spacial score (nSPS) is 15.6. The third-order valence-electron chi connectivity index (χ3n) is 3.78. The largest absolute Gasteiger partial charge is 0.397 e. The van der Waals surface area contributed by atoms with Gasteiger partial charge in [0.05, 0.1) is 18.3 Å². The number of carbonyl (C=O) groups excluding carboxylic acids is 1. The number of amides is 1. The van der Waals surface area contributed by atoms with Gasteiger partial charge in [-0.15, -0.1) is 0 Å². The summed E-state index contributed by atoms with van der Waals surface area (Å²) >= 11 is 0. The first-order valence-electron chi connectivity index (χ1n) is 7.21. The van der Waals surface area contributed by atoms with Crippen LogP contribution in [0.25, 0.3) is 0 Å². The van der Waals surface area contributed by atoms with Crippen LogP contribution < -0.4 is 11.1 Å². The van der Waals surface area contributed by atoms with Crippen LogP contribution in [0.1, 0.15) is 44.2 Å². The fourth-order valence-corrected chi connectivity index (χ4v) is 2.69. The van der Waals surface area contributed by atoms with Gasteiger partial charge in [0.1, 0.15) is 0 Å². The average molecular weight is 261 g/mol. The molecule has 0 unspecified atom stereocenters. The second-order valence-electron chi connectivity index (χ2n) is 5.40. The molecule has 0 radical (unpaired) electrons. The first-order valence-corrected chi connectivity index (χ1v) is 7.21. The van der Waals surface area contributed by atoms with Gasteiger partial charge in [0, 0.05) is 12.2 Å². The maximum absolute atomic E-state index is 11.7. The Morgan fingerprint density at radius 3 is 2.84 bits per heavy atom. The molecule has 1 aliphatic carbocycles. The molecule has 1 fully saturated rings. The molecule has 0 saturated heterocycles. The third kappa shape index (κ3) is 4.89. The van der Waals surface area contributed by atoms with Crippen molar-refractivity contribution in [1.29, 1.82) is 0 Å². The van der Waals surface area contributed by atoms with Crippen molar-refractivity contribution in [1.82, 2.24) is 10.3 Å². The molecule has 1 aromatic rings. The van der Waals surface area contributed by atoms with Gasteiger partial charge >= 0.3 is 0 Å². The van der Waals surface area contributed by atoms with Gasteiger partial charge in [-0.25, -0.2) is 0 Å². The van der Waals surface area contributed by atoms with Crippen molar-refractivity contribution in [2.75, 3.05) is 12.3 Å². The number of nitrogens with two attached hydrogens (primary N) is 1. The molecule has 19 heavy (non-hydrogen) atoms. The molecule has 1 amide bonds. The molecule has 0 bridgehead atoms. The Hall–Kier alpha value is -1.58. The van der Waals surface area contributed by atoms with E-state index in [9.17, 15) is 4.79 Å². The van der Waals surface area contributed by atoms with Crippen LogP contribution in [0.5, 0.6) is 0 Å². The summed E-state index contributed by atoms with van der Waals surface area (Å²) in [6.07, 6.45) is 9.80. The highest BCUT2D eigenvalue weighted by Crippen LogP contribution is 2.28. The molecule has 1 aliphatic rings. The fourth-order valence-electron chi connectivity index (χ4n) is 2.69. The van der Waals surface area contributed by atoms with E-state index >= 15 is 0 Å². The fraction of sp³-hybridized carbons (Fsp3) is 0.600. The lowest BCUT2D eigenvalue weighted by molar-refractivity contribution is -0.120. The standard InChI is InChI=1S/C15H23N3O/c16-13-7-8-14(18-11-13)10-15(19)17-9-3-6-12-4-1-2-5-12/h7-8,11-12H,1-6,9-10,16H2,(H,17,19). The Morgan fingerprint density at radius 2 is 2.16 bits per heavy atom. The molecule has 104 valence electrons. The maximum atomic E-state index is 11.7. The van der Waals surface area contributed by atoms with E-state index in [2.05, 4.69) is 10.3 Å². The lowest BCUT2D eigenvalue weighted by atomic mass is 10.0. The molecule has 0 aromatic carbocycles. The van der Waals surface area contributed by atoms with Crippen LogP contribution >= 0.6 is 0 Å². The van der Waals surface area contributed by atoms with Crippen molar-refractivity contribution in [3.05, 3.63) is 24.0 Å². The smallest absolute Gasteiger partial charge is 0.226 e. The zero-order valence-corrected chi connectivity index (χ0v) is 11.4. The highest BCUT2D eigenvalue weighted by atomic mass is 16.1. The number of nitrogens with one attached hydrogen (secondary N) is 1. The molecule has 1 aromatic heterocycles. The summed E-state index contributed by atoms with van der Waals surface area (Å²) < 4.78 is 0. The number of hydrogen-bond acceptors (Lipinski definition) is 3. The van der Waals surface area contributed by atoms with Crippen molar-refractivity contribution in [3.63, 3.8) is 0 Å². The quantitative estimate of drug-likeness (QED) is 0.772. The second-order valence-corrected chi connectivity index (χ2v) is 5.40. The SMILES string of the molecule is Nc1ccc(CC(=O)NCCCC2CCCC2)nc1. The molecule has 1 saturated carbocycles. The van der Waals surface area contributed by atoms with Gasteiger partial charge in [-0.05, 0) is 30.9 Å². The third-order valence-corrected chi connectivity index (χ3v) is 3.78. The molecule has 4 nitrogen and oxygen atoms in total. The summed E-state index contributed by atoms with van der Waals surface area (Å²) in [6, 6.07) is 3.57. The van der Waals surface area contributed by atoms with Crippen LogP contribution in [0.15, 0.2) is 18.3 Å². The van der Waals surface area contributed by atoms with Gasteiger partial charge in [0.2, 0.25) is 5.91 Å². The summed E-state index contributed by atoms with van der Waals surface area (Å²) in [6.45, 7) is 0.782. The van der Waals surface area contributed by atoms with Gasteiger partial charge in [-0.1, -0.05) is 25.7 Å². The second kappa shape index (κ2) is 7.12. The Kier molecular flexibility index (Phi) is 5.19. The number of nitrogens with zero attached hydrogens (tertiary/aromatic N) is 1. The van der Waals surface area contributed by atoms with E-state index in [1.165, 1.54) is 32.1 Å². The Labute approximate surface area is 114 Å². The lowest BCUT2D eigenvalue weighted by Crippen LogP contribution is -2.26. The Morgan fingerprint density at radius 1 is 1.37 bits per heavy atom. The molecule has 0 aliphatic heterocycles. The van der Waals surface area contributed by atoms with Crippen LogP contribution in [0, 0.1) is 5.92 Å². The molecule has 2 rings (SSSR count). The number of aromatic nitrogens is 1. The van der Waals surface area contributed by atoms with Gasteiger partial charge in [0.25, 0.3) is 0 Å². The van der Waals surface area contributed by atoms with E-state index < -0.39 is 0 Å². The molecule has 1 heterocycles. The summed E-state index contributed by atoms with van der Waals surface area (Å²) in [5.41, 5.74) is 6.94. The lowest BCUT2D eigenvalue weighted by Gasteiger charge is -2.09. The van der Waals surface area contributed by atoms with Crippen LogP contribution in [-0.4, -0.2) is 17.4 Å². The predicted octanol–water partition coefficient (Wildman–Crippen LogP) is 2.29. The molecular weight excluding hydrogens is 238 g/mol. The van der Waals surface area contributed by atoms with E-state index in [1.807, 2.05) is 0 Å². The number of anilines is 1. The van der Waals surface area contributed by atoms with E-state index in [4.69, 9.17) is 5.73 Å². The van der Waals surface area contributed by atoms with E-state index in [0.29, 0.717) is 12.1 Å². The summed E-state index contributed by atoms with van der Waals surface area (Å²) in [5, 5.41) is 2.96. The van der Waals surface area contributed by atoms with Gasteiger partial charge in [0.15, 0.2) is 0 Å². The molecule has 0 spiro atoms. The van der Waals surface area contributed by atoms with E-state index in [0.717, 1.165) is 24.6 Å². The Balaban J connectivity index is 1.60. The van der Waals surface area contributed by atoms with E-state index in [1.54, 1.807) is 18.3 Å². The molecule has 4 heteroatoms. The Bertz CT molecular complexity index is 396. The highest BCUT2D eigenvalue weighted by Gasteiger charge is 2.14. The number of pyridine rings is 1. The minimum Gasteiger partial charge on any atom is -0.397 e. The van der Waals surface area contributed by atoms with Crippen molar-refractivity contribution in [3.8, 4) is 0 Å². The van der Waals surface area contributed by atoms with Crippen LogP contribution in [-0.2, 0) is 11.2 Å². The zero-order chi connectivity index (χ0) is 13.5. The van der Waals surface area contributed by atoms with E-state index in [-0.39, 0.29) is 5.91 Å². The van der Waals surface area contributed by atoms with Crippen molar-refractivity contribution in [2.45, 2.75) is 44.9 Å². The topological polar surface area (TPSA) is 68.0 Å². The van der Waals surface area contributed by atoms with Crippen LogP contribution in [0.2, 0.25) is 0 Å². The summed E-state index contributed by atoms with van der Waals surface area (Å²) in [7, 11) is 0. The number of carbonyl (C=O) groups is 1. The van der Waals surface area contributed by atoms with Crippen LogP contribution in [0.3, 0.4) is 0 Å². The minimum atomic E-state index is 0.0451. The molecular formula is C15H23N3O. The van der Waals surface area contributed by atoms with Crippen molar-refractivity contribution < 1.29 is 4.79 Å². The highest BCUT2D eigenvalue weighted by molar-refractivity contribution is 5.78. The summed E-state index contributed by atoms with van der Waals surface area (Å²) in [4.78, 5) is 15.8. The van der Waals surface area contributed by atoms with Gasteiger partial charge < -0.3 is 11.1 Å². The average Bonchev–Trinajstić information content (AvgIpc) is 2.91.